The van der Waals surface area contributed by atoms with Crippen molar-refractivity contribution >= 4 is 10.0 Å². The van der Waals surface area contributed by atoms with Gasteiger partial charge in [-0.05, 0) is 69.5 Å². The number of nitrogens with zero attached hydrogens (tertiary/aromatic N) is 1. The molecule has 0 heterocycles. The van der Waals surface area contributed by atoms with Gasteiger partial charge < -0.3 is 14.4 Å². The van der Waals surface area contributed by atoms with E-state index < -0.39 is 10.0 Å². The molecule has 1 aromatic rings. The largest absolute Gasteiger partial charge is 0.490 e. The van der Waals surface area contributed by atoms with Gasteiger partial charge in [-0.25, -0.2) is 13.1 Å². The third kappa shape index (κ3) is 7.07. The Morgan fingerprint density at radius 2 is 1.85 bits per heavy atom. The van der Waals surface area contributed by atoms with Gasteiger partial charge in [0.2, 0.25) is 10.0 Å². The van der Waals surface area contributed by atoms with Gasteiger partial charge in [-0.2, -0.15) is 0 Å². The highest BCUT2D eigenvalue weighted by Gasteiger charge is 2.19. The maximum atomic E-state index is 12.5. The van der Waals surface area contributed by atoms with E-state index in [9.17, 15) is 8.42 Å². The van der Waals surface area contributed by atoms with Crippen LogP contribution in [-0.2, 0) is 14.8 Å². The fraction of sp³-hybridized carbons (Fsp3) is 0.700. The van der Waals surface area contributed by atoms with Crippen molar-refractivity contribution in [3.8, 4) is 5.75 Å². The van der Waals surface area contributed by atoms with Crippen molar-refractivity contribution in [1.82, 2.24) is 9.62 Å². The van der Waals surface area contributed by atoms with E-state index in [1.165, 1.54) is 12.8 Å². The van der Waals surface area contributed by atoms with Crippen LogP contribution < -0.4 is 9.46 Å². The van der Waals surface area contributed by atoms with Crippen LogP contribution in [0.4, 0.5) is 0 Å². The second-order valence-corrected chi connectivity index (χ2v) is 8.72. The Morgan fingerprint density at radius 3 is 2.48 bits per heavy atom. The Balaban J connectivity index is 1.79. The van der Waals surface area contributed by atoms with E-state index in [4.69, 9.17) is 9.47 Å². The van der Waals surface area contributed by atoms with E-state index in [0.717, 1.165) is 38.2 Å². The monoisotopic (exact) mass is 398 g/mol. The molecule has 0 aliphatic heterocycles. The molecule has 2 rings (SSSR count). The molecule has 0 bridgehead atoms. The molecule has 0 aromatic heterocycles. The first-order valence-electron chi connectivity index (χ1n) is 10.0. The number of aryl methyl sites for hydroxylation is 1. The van der Waals surface area contributed by atoms with E-state index in [0.29, 0.717) is 23.7 Å². The highest BCUT2D eigenvalue weighted by Crippen LogP contribution is 2.26. The van der Waals surface area contributed by atoms with Gasteiger partial charge >= 0.3 is 0 Å². The molecule has 6 nitrogen and oxygen atoms in total. The van der Waals surface area contributed by atoms with Gasteiger partial charge in [0.25, 0.3) is 0 Å². The topological polar surface area (TPSA) is 67.9 Å². The smallest absolute Gasteiger partial charge is 0.240 e. The van der Waals surface area contributed by atoms with Crippen molar-refractivity contribution in [1.29, 1.82) is 0 Å². The Kier molecular flexibility index (Phi) is 9.02. The normalized spacial score (nSPS) is 15.6. The second-order valence-electron chi connectivity index (χ2n) is 6.99. The minimum atomic E-state index is -3.54. The third-order valence-electron chi connectivity index (χ3n) is 5.03. The van der Waals surface area contributed by atoms with Crippen LogP contribution in [0.5, 0.6) is 5.75 Å². The standard InChI is InChI=1S/C20H34N2O4S/c1-4-22(5-2)13-15-25-14-12-21-27(23,24)20-11-10-19(16-17(20)3)26-18-8-6-7-9-18/h10-11,16,18,21H,4-9,12-15H2,1-3H3. The van der Waals surface area contributed by atoms with Crippen molar-refractivity contribution in [2.75, 3.05) is 39.4 Å². The summed E-state index contributed by atoms with van der Waals surface area (Å²) in [6, 6.07) is 5.19. The first-order chi connectivity index (χ1) is 13.0. The second kappa shape index (κ2) is 11.0. The number of likely N-dealkylation sites (N-methyl/N-ethyl adjacent to an activating group) is 1. The Labute approximate surface area is 164 Å². The first kappa shape index (κ1) is 22.1. The predicted octanol–water partition coefficient (Wildman–Crippen LogP) is 2.95. The zero-order chi connectivity index (χ0) is 19.7. The summed E-state index contributed by atoms with van der Waals surface area (Å²) >= 11 is 0. The third-order valence-corrected chi connectivity index (χ3v) is 6.65. The number of benzene rings is 1. The highest BCUT2D eigenvalue weighted by molar-refractivity contribution is 7.89. The van der Waals surface area contributed by atoms with Crippen LogP contribution in [-0.4, -0.2) is 58.8 Å². The van der Waals surface area contributed by atoms with Gasteiger partial charge in [-0.3, -0.25) is 0 Å². The minimum absolute atomic E-state index is 0.262. The van der Waals surface area contributed by atoms with E-state index in [-0.39, 0.29) is 12.6 Å². The molecule has 27 heavy (non-hydrogen) atoms. The van der Waals surface area contributed by atoms with Gasteiger partial charge in [0.05, 0.1) is 24.2 Å². The molecule has 0 radical (unpaired) electrons. The maximum absolute atomic E-state index is 12.5. The number of hydrogen-bond donors (Lipinski definition) is 1. The zero-order valence-corrected chi connectivity index (χ0v) is 17.7. The molecule has 0 unspecified atom stereocenters. The van der Waals surface area contributed by atoms with Crippen molar-refractivity contribution in [2.45, 2.75) is 57.5 Å². The van der Waals surface area contributed by atoms with Crippen molar-refractivity contribution in [3.05, 3.63) is 23.8 Å². The molecule has 0 spiro atoms. The SMILES string of the molecule is CCN(CC)CCOCCNS(=O)(=O)c1ccc(OC2CCCC2)cc1C. The van der Waals surface area contributed by atoms with Gasteiger partial charge in [0, 0.05) is 13.1 Å². The summed E-state index contributed by atoms with van der Waals surface area (Å²) in [6.07, 6.45) is 4.83. The van der Waals surface area contributed by atoms with Crippen LogP contribution >= 0.6 is 0 Å². The lowest BCUT2D eigenvalue weighted by Crippen LogP contribution is -2.30. The van der Waals surface area contributed by atoms with E-state index >= 15 is 0 Å². The summed E-state index contributed by atoms with van der Waals surface area (Å²) < 4.78 is 39.2. The predicted molar refractivity (Wildman–Crippen MR) is 108 cm³/mol. The minimum Gasteiger partial charge on any atom is -0.490 e. The van der Waals surface area contributed by atoms with Crippen LogP contribution in [0.25, 0.3) is 0 Å². The lowest BCUT2D eigenvalue weighted by molar-refractivity contribution is 0.111. The molecule has 1 aliphatic rings. The van der Waals surface area contributed by atoms with Gasteiger partial charge in [0.1, 0.15) is 5.75 Å². The van der Waals surface area contributed by atoms with Crippen LogP contribution in [0.2, 0.25) is 0 Å². The van der Waals surface area contributed by atoms with Crippen LogP contribution in [0.15, 0.2) is 23.1 Å². The van der Waals surface area contributed by atoms with E-state index in [1.807, 2.05) is 6.07 Å². The maximum Gasteiger partial charge on any atom is 0.240 e. The van der Waals surface area contributed by atoms with Crippen LogP contribution in [0, 0.1) is 6.92 Å². The molecule has 1 aliphatic carbocycles. The summed E-state index contributed by atoms with van der Waals surface area (Å²) in [6.45, 7) is 10.1. The van der Waals surface area contributed by atoms with Crippen molar-refractivity contribution in [2.24, 2.45) is 0 Å². The highest BCUT2D eigenvalue weighted by atomic mass is 32.2. The van der Waals surface area contributed by atoms with Crippen LogP contribution in [0.3, 0.4) is 0 Å². The summed E-state index contributed by atoms with van der Waals surface area (Å²) in [5.74, 6) is 0.748. The van der Waals surface area contributed by atoms with E-state index in [1.54, 1.807) is 19.1 Å². The molecular formula is C20H34N2O4S. The molecular weight excluding hydrogens is 364 g/mol. The summed E-state index contributed by atoms with van der Waals surface area (Å²) in [7, 11) is -3.54. The molecule has 1 aromatic carbocycles. The van der Waals surface area contributed by atoms with E-state index in [2.05, 4.69) is 23.5 Å². The first-order valence-corrected chi connectivity index (χ1v) is 11.5. The molecule has 1 saturated carbocycles. The number of hydrogen-bond acceptors (Lipinski definition) is 5. The molecule has 0 amide bonds. The van der Waals surface area contributed by atoms with Gasteiger partial charge in [-0.1, -0.05) is 13.8 Å². The number of ether oxygens (including phenoxy) is 2. The van der Waals surface area contributed by atoms with Gasteiger partial charge in [-0.15, -0.1) is 0 Å². The summed E-state index contributed by atoms with van der Waals surface area (Å²) in [5, 5.41) is 0. The zero-order valence-electron chi connectivity index (χ0n) is 16.9. The molecule has 154 valence electrons. The average Bonchev–Trinajstić information content (AvgIpc) is 3.14. The van der Waals surface area contributed by atoms with Crippen LogP contribution in [0.1, 0.15) is 45.1 Å². The van der Waals surface area contributed by atoms with Gasteiger partial charge in [0.15, 0.2) is 0 Å². The molecule has 0 saturated heterocycles. The number of sulfonamides is 1. The summed E-state index contributed by atoms with van der Waals surface area (Å²) in [5.41, 5.74) is 0.695. The fourth-order valence-corrected chi connectivity index (χ4v) is 4.59. The Bertz CT molecular complexity index is 669. The summed E-state index contributed by atoms with van der Waals surface area (Å²) in [4.78, 5) is 2.56. The quantitative estimate of drug-likeness (QED) is 0.548. The molecule has 7 heteroatoms. The number of nitrogens with one attached hydrogen (secondary N) is 1. The number of rotatable bonds is 12. The fourth-order valence-electron chi connectivity index (χ4n) is 3.36. The molecule has 1 N–H and O–H groups in total. The lowest BCUT2D eigenvalue weighted by Gasteiger charge is -2.17. The average molecular weight is 399 g/mol. The molecule has 1 fully saturated rings. The molecule has 0 atom stereocenters. The lowest BCUT2D eigenvalue weighted by atomic mass is 10.2. The Hall–Kier alpha value is -1.15. The van der Waals surface area contributed by atoms with Crippen molar-refractivity contribution in [3.63, 3.8) is 0 Å². The Morgan fingerprint density at radius 1 is 1.15 bits per heavy atom. The van der Waals surface area contributed by atoms with Crippen molar-refractivity contribution < 1.29 is 17.9 Å².